The van der Waals surface area contributed by atoms with Gasteiger partial charge in [-0.3, -0.25) is 0 Å². The fourth-order valence-electron chi connectivity index (χ4n) is 2.54. The Hall–Kier alpha value is -2.88. The van der Waals surface area contributed by atoms with Gasteiger partial charge in [0.05, 0.1) is 16.7 Å². The van der Waals surface area contributed by atoms with Crippen LogP contribution in [0.4, 0.5) is 5.69 Å². The van der Waals surface area contributed by atoms with Crippen molar-refractivity contribution >= 4 is 39.5 Å². The zero-order valence-electron chi connectivity index (χ0n) is 14.0. The van der Waals surface area contributed by atoms with Gasteiger partial charge in [-0.2, -0.15) is 0 Å². The van der Waals surface area contributed by atoms with E-state index < -0.39 is 5.60 Å². The number of ether oxygens (including phenoxy) is 1. The van der Waals surface area contributed by atoms with Crippen molar-refractivity contribution in [3.63, 3.8) is 0 Å². The molecule has 0 spiro atoms. The number of pyridine rings is 1. The van der Waals surface area contributed by atoms with Gasteiger partial charge in [0, 0.05) is 16.8 Å². The molecule has 2 N–H and O–H groups in total. The number of benzene rings is 2. The fraction of sp³-hybridized carbons (Fsp3) is 0.200. The number of aromatic nitrogens is 1. The molecule has 2 aromatic carbocycles. The lowest BCUT2D eigenvalue weighted by atomic mass is 10.1. The van der Waals surface area contributed by atoms with Gasteiger partial charge in [-0.1, -0.05) is 24.3 Å². The average molecular weight is 320 g/mol. The van der Waals surface area contributed by atoms with E-state index >= 15 is 0 Å². The maximum atomic E-state index is 11.8. The lowest BCUT2D eigenvalue weighted by Gasteiger charge is -2.17. The molecule has 0 aliphatic rings. The molecule has 24 heavy (non-hydrogen) atoms. The first-order valence-corrected chi connectivity index (χ1v) is 7.82. The summed E-state index contributed by atoms with van der Waals surface area (Å²) < 4.78 is 5.27. The summed E-state index contributed by atoms with van der Waals surface area (Å²) in [5.74, 6) is -0.368. The van der Waals surface area contributed by atoms with E-state index in [2.05, 4.69) is 4.98 Å². The van der Waals surface area contributed by atoms with E-state index in [1.54, 1.807) is 6.08 Å². The first-order valence-electron chi connectivity index (χ1n) is 7.82. The Morgan fingerprint density at radius 3 is 2.54 bits per heavy atom. The van der Waals surface area contributed by atoms with Crippen molar-refractivity contribution in [3.8, 4) is 0 Å². The molecule has 0 saturated carbocycles. The maximum Gasteiger partial charge on any atom is 0.331 e. The summed E-state index contributed by atoms with van der Waals surface area (Å²) in [5.41, 5.74) is 9.08. The van der Waals surface area contributed by atoms with Gasteiger partial charge in [0.1, 0.15) is 5.60 Å². The van der Waals surface area contributed by atoms with Crippen LogP contribution in [-0.2, 0) is 9.53 Å². The normalized spacial score (nSPS) is 12.1. The van der Waals surface area contributed by atoms with E-state index in [9.17, 15) is 4.79 Å². The first-order chi connectivity index (χ1) is 11.3. The van der Waals surface area contributed by atoms with Crippen LogP contribution in [0.25, 0.3) is 27.9 Å². The van der Waals surface area contributed by atoms with Crippen LogP contribution in [0, 0.1) is 0 Å². The van der Waals surface area contributed by atoms with Crippen LogP contribution in [0.3, 0.4) is 0 Å². The number of nitrogens with zero attached hydrogens (tertiary/aromatic N) is 1. The van der Waals surface area contributed by atoms with Crippen LogP contribution in [-0.4, -0.2) is 16.6 Å². The number of hydrogen-bond acceptors (Lipinski definition) is 4. The lowest BCUT2D eigenvalue weighted by Crippen LogP contribution is -2.22. The molecular weight excluding hydrogens is 300 g/mol. The Morgan fingerprint density at radius 1 is 1.08 bits per heavy atom. The summed E-state index contributed by atoms with van der Waals surface area (Å²) in [6, 6.07) is 13.5. The number of esters is 1. The highest BCUT2D eigenvalue weighted by Crippen LogP contribution is 2.29. The van der Waals surface area contributed by atoms with Gasteiger partial charge < -0.3 is 10.5 Å². The summed E-state index contributed by atoms with van der Waals surface area (Å²) in [5, 5.41) is 1.80. The molecule has 122 valence electrons. The third-order valence-electron chi connectivity index (χ3n) is 3.56. The Balaban J connectivity index is 1.98. The Labute approximate surface area is 140 Å². The Morgan fingerprint density at radius 2 is 1.79 bits per heavy atom. The lowest BCUT2D eigenvalue weighted by molar-refractivity contribution is -0.148. The number of fused-ring (bicyclic) bond motifs is 2. The minimum atomic E-state index is -0.502. The molecule has 4 heteroatoms. The molecule has 0 unspecified atom stereocenters. The number of anilines is 1. The van der Waals surface area contributed by atoms with Crippen molar-refractivity contribution in [1.82, 2.24) is 4.98 Å². The summed E-state index contributed by atoms with van der Waals surface area (Å²) in [6.07, 6.45) is 3.15. The summed E-state index contributed by atoms with van der Waals surface area (Å²) >= 11 is 0. The molecule has 0 radical (unpaired) electrons. The van der Waals surface area contributed by atoms with Crippen molar-refractivity contribution in [2.75, 3.05) is 5.73 Å². The molecule has 4 nitrogen and oxygen atoms in total. The van der Waals surface area contributed by atoms with Crippen molar-refractivity contribution < 1.29 is 9.53 Å². The molecular formula is C20H20N2O2. The number of carbonyl (C=O) groups excluding carboxylic acids is 1. The van der Waals surface area contributed by atoms with Crippen molar-refractivity contribution in [2.45, 2.75) is 26.4 Å². The monoisotopic (exact) mass is 320 g/mol. The second kappa shape index (κ2) is 5.96. The van der Waals surface area contributed by atoms with Gasteiger partial charge in [0.2, 0.25) is 0 Å². The van der Waals surface area contributed by atoms with Crippen LogP contribution in [0.5, 0.6) is 0 Å². The topological polar surface area (TPSA) is 65.2 Å². The van der Waals surface area contributed by atoms with Crippen molar-refractivity contribution in [3.05, 3.63) is 54.1 Å². The minimum Gasteiger partial charge on any atom is -0.457 e. The second-order valence-electron chi connectivity index (χ2n) is 6.69. The highest BCUT2D eigenvalue weighted by atomic mass is 16.6. The zero-order valence-corrected chi connectivity index (χ0v) is 14.0. The number of rotatable bonds is 2. The summed E-state index contributed by atoms with van der Waals surface area (Å²) in [7, 11) is 0. The number of hydrogen-bond donors (Lipinski definition) is 1. The highest BCUT2D eigenvalue weighted by molar-refractivity contribution is 6.06. The summed E-state index contributed by atoms with van der Waals surface area (Å²) in [4.78, 5) is 16.4. The molecule has 3 rings (SSSR count). The van der Waals surface area contributed by atoms with E-state index in [1.807, 2.05) is 63.2 Å². The molecule has 3 aromatic rings. The van der Waals surface area contributed by atoms with Crippen molar-refractivity contribution in [1.29, 1.82) is 0 Å². The van der Waals surface area contributed by atoms with Gasteiger partial charge in [0.25, 0.3) is 0 Å². The largest absolute Gasteiger partial charge is 0.457 e. The second-order valence-corrected chi connectivity index (χ2v) is 6.69. The van der Waals surface area contributed by atoms with Gasteiger partial charge in [-0.15, -0.1) is 0 Å². The SMILES string of the molecule is CC(C)(C)OC(=O)C=Cc1ccc2nc3ccccc3c(N)c2c1. The van der Waals surface area contributed by atoms with Gasteiger partial charge in [-0.05, 0) is 50.6 Å². The molecule has 0 aliphatic heterocycles. The number of para-hydroxylation sites is 1. The molecule has 0 fully saturated rings. The molecule has 0 saturated heterocycles. The molecule has 0 amide bonds. The Bertz CT molecular complexity index is 953. The number of nitrogens with two attached hydrogens (primary N) is 1. The third kappa shape index (κ3) is 3.38. The predicted octanol–water partition coefficient (Wildman–Crippen LogP) is 4.33. The van der Waals surface area contributed by atoms with Crippen molar-refractivity contribution in [2.24, 2.45) is 0 Å². The molecule has 1 aromatic heterocycles. The van der Waals surface area contributed by atoms with E-state index in [0.29, 0.717) is 5.69 Å². The van der Waals surface area contributed by atoms with Gasteiger partial charge in [0.15, 0.2) is 0 Å². The van der Waals surface area contributed by atoms with Crippen LogP contribution >= 0.6 is 0 Å². The van der Waals surface area contributed by atoms with Crippen LogP contribution < -0.4 is 5.73 Å². The average Bonchev–Trinajstić information content (AvgIpc) is 2.52. The maximum absolute atomic E-state index is 11.8. The third-order valence-corrected chi connectivity index (χ3v) is 3.56. The van der Waals surface area contributed by atoms with E-state index in [0.717, 1.165) is 27.4 Å². The first kappa shape index (κ1) is 16.0. The standard InChI is InChI=1S/C20H20N2O2/c1-20(2,3)24-18(23)11-9-13-8-10-17-15(12-13)19(21)14-6-4-5-7-16(14)22-17/h4-12H,1-3H3,(H2,21,22). The zero-order chi connectivity index (χ0) is 17.3. The van der Waals surface area contributed by atoms with Crippen LogP contribution in [0.15, 0.2) is 48.5 Å². The van der Waals surface area contributed by atoms with Crippen LogP contribution in [0.1, 0.15) is 26.3 Å². The highest BCUT2D eigenvalue weighted by Gasteiger charge is 2.14. The Kier molecular flexibility index (Phi) is 3.97. The predicted molar refractivity (Wildman–Crippen MR) is 98.5 cm³/mol. The molecule has 1 heterocycles. The van der Waals surface area contributed by atoms with E-state index in [4.69, 9.17) is 10.5 Å². The molecule has 0 aliphatic carbocycles. The molecule has 0 atom stereocenters. The number of nitrogen functional groups attached to an aromatic ring is 1. The van der Waals surface area contributed by atoms with Gasteiger partial charge >= 0.3 is 5.97 Å². The van der Waals surface area contributed by atoms with E-state index in [-0.39, 0.29) is 5.97 Å². The summed E-state index contributed by atoms with van der Waals surface area (Å²) in [6.45, 7) is 5.52. The van der Waals surface area contributed by atoms with Crippen LogP contribution in [0.2, 0.25) is 0 Å². The van der Waals surface area contributed by atoms with E-state index in [1.165, 1.54) is 6.08 Å². The number of carbonyl (C=O) groups is 1. The minimum absolute atomic E-state index is 0.368. The van der Waals surface area contributed by atoms with Gasteiger partial charge in [-0.25, -0.2) is 9.78 Å². The fourth-order valence-corrected chi connectivity index (χ4v) is 2.54. The molecule has 0 bridgehead atoms. The quantitative estimate of drug-likeness (QED) is 0.434. The smallest absolute Gasteiger partial charge is 0.331 e.